The third-order valence-corrected chi connectivity index (χ3v) is 7.72. The Bertz CT molecular complexity index is 1080. The molecule has 1 fully saturated rings. The van der Waals surface area contributed by atoms with Crippen molar-refractivity contribution in [2.24, 2.45) is 0 Å². The number of hydrogen-bond acceptors (Lipinski definition) is 2. The maximum atomic E-state index is 13.7. The average Bonchev–Trinajstić information content (AvgIpc) is 3.43. The predicted molar refractivity (Wildman–Crippen MR) is 117 cm³/mol. The molecule has 1 amide bonds. The van der Waals surface area contributed by atoms with Gasteiger partial charge in [0.25, 0.3) is 0 Å². The monoisotopic (exact) mass is 383 g/mol. The van der Waals surface area contributed by atoms with E-state index in [-0.39, 0.29) is 5.91 Å². The minimum atomic E-state index is -0.551. The number of carbonyl (C=O) groups is 1. The quantitative estimate of drug-likeness (QED) is 0.591. The van der Waals surface area contributed by atoms with E-state index >= 15 is 0 Å². The lowest BCUT2D eigenvalue weighted by Gasteiger charge is -2.35. The zero-order valence-corrected chi connectivity index (χ0v) is 16.6. The number of nitrogens with zero attached hydrogens (tertiary/aromatic N) is 1. The van der Waals surface area contributed by atoms with Crippen molar-refractivity contribution in [1.82, 2.24) is 0 Å². The number of benzene rings is 3. The summed E-state index contributed by atoms with van der Waals surface area (Å²) in [5, 5.41) is 0. The van der Waals surface area contributed by atoms with Gasteiger partial charge in [-0.25, -0.2) is 0 Å². The van der Waals surface area contributed by atoms with Gasteiger partial charge in [-0.3, -0.25) is 4.79 Å². The van der Waals surface area contributed by atoms with E-state index in [1.807, 2.05) is 54.4 Å². The number of hydrogen-bond donors (Lipinski definition) is 0. The fraction of sp³-hybridized carbons (Fsp3) is 0.160. The number of fused-ring (bicyclic) bond motifs is 1. The summed E-state index contributed by atoms with van der Waals surface area (Å²) in [5.74, 6) is 0.164. The molecule has 1 aliphatic heterocycles. The normalized spacial score (nSPS) is 25.5. The highest BCUT2D eigenvalue weighted by atomic mass is 32.2. The Kier molecular flexibility index (Phi) is 3.78. The summed E-state index contributed by atoms with van der Waals surface area (Å²) in [6.07, 6.45) is 0.764. The van der Waals surface area contributed by atoms with Crippen LogP contribution in [0.5, 0.6) is 0 Å². The maximum Gasteiger partial charge on any atom is 0.244 e. The Hall–Kier alpha value is -2.78. The van der Waals surface area contributed by atoms with Crippen LogP contribution in [-0.4, -0.2) is 17.7 Å². The molecular weight excluding hydrogens is 362 g/mol. The van der Waals surface area contributed by atoms with Crippen LogP contribution in [0, 0.1) is 0 Å². The highest BCUT2D eigenvalue weighted by Gasteiger charge is 2.76. The summed E-state index contributed by atoms with van der Waals surface area (Å²) < 4.78 is -0.551. The van der Waals surface area contributed by atoms with Gasteiger partial charge >= 0.3 is 0 Å². The molecule has 138 valence electrons. The number of thioether (sulfide) groups is 1. The highest BCUT2D eigenvalue weighted by molar-refractivity contribution is 8.02. The minimum absolute atomic E-state index is 0.164. The van der Waals surface area contributed by atoms with Crippen LogP contribution in [0.25, 0.3) is 5.57 Å². The summed E-state index contributed by atoms with van der Waals surface area (Å²) in [7, 11) is 1.89. The predicted octanol–water partition coefficient (Wildman–Crippen LogP) is 5.55. The lowest BCUT2D eigenvalue weighted by atomic mass is 9.82. The molecule has 3 aromatic rings. The Balaban J connectivity index is 1.69. The number of para-hydroxylation sites is 1. The molecule has 2 aliphatic rings. The first kappa shape index (κ1) is 17.3. The van der Waals surface area contributed by atoms with Crippen molar-refractivity contribution in [2.75, 3.05) is 11.9 Å². The number of allylic oxidation sites excluding steroid dienone is 1. The highest BCUT2D eigenvalue weighted by Crippen LogP contribution is 2.74. The molecular formula is C25H21NOS. The second-order valence-electron chi connectivity index (χ2n) is 7.55. The number of anilines is 1. The zero-order chi connectivity index (χ0) is 19.4. The Morgan fingerprint density at radius 1 is 0.929 bits per heavy atom. The molecule has 3 aromatic carbocycles. The van der Waals surface area contributed by atoms with Crippen LogP contribution in [-0.2, 0) is 10.2 Å². The van der Waals surface area contributed by atoms with Crippen molar-refractivity contribution in [3.63, 3.8) is 0 Å². The molecule has 28 heavy (non-hydrogen) atoms. The first-order chi connectivity index (χ1) is 13.6. The van der Waals surface area contributed by atoms with Crippen molar-refractivity contribution in [1.29, 1.82) is 0 Å². The number of carbonyl (C=O) groups excluding carboxylic acids is 1. The van der Waals surface area contributed by atoms with Gasteiger partial charge in [0.05, 0.1) is 5.69 Å². The molecule has 1 saturated carbocycles. The lowest BCUT2D eigenvalue weighted by Crippen LogP contribution is -2.44. The molecule has 3 heteroatoms. The van der Waals surface area contributed by atoms with Crippen molar-refractivity contribution >= 4 is 28.9 Å². The second kappa shape index (κ2) is 6.11. The number of amides is 1. The van der Waals surface area contributed by atoms with Crippen molar-refractivity contribution in [3.8, 4) is 0 Å². The van der Waals surface area contributed by atoms with Crippen LogP contribution < -0.4 is 4.90 Å². The molecule has 0 aromatic heterocycles. The van der Waals surface area contributed by atoms with E-state index in [0.717, 1.165) is 33.7 Å². The Morgan fingerprint density at radius 2 is 1.54 bits per heavy atom. The molecule has 0 unspecified atom stereocenters. The molecule has 2 nitrogen and oxygen atoms in total. The third-order valence-electron chi connectivity index (χ3n) is 6.14. The molecule has 0 saturated heterocycles. The molecule has 1 heterocycles. The van der Waals surface area contributed by atoms with E-state index in [4.69, 9.17) is 0 Å². The van der Waals surface area contributed by atoms with Gasteiger partial charge in [0.1, 0.15) is 4.75 Å². The van der Waals surface area contributed by atoms with Gasteiger partial charge in [0.2, 0.25) is 5.91 Å². The Labute approximate surface area is 169 Å². The molecule has 0 N–H and O–H groups in total. The van der Waals surface area contributed by atoms with Gasteiger partial charge < -0.3 is 4.90 Å². The number of rotatable bonds is 3. The SMILES string of the molecule is C=C(c1ccccc1)[C@@]1(c2ccccc2)C[C@@]12Sc1ccccc1N(C)C2=O. The largest absolute Gasteiger partial charge is 0.313 e. The molecule has 5 rings (SSSR count). The van der Waals surface area contributed by atoms with Gasteiger partial charge in [0, 0.05) is 17.4 Å². The van der Waals surface area contributed by atoms with Gasteiger partial charge in [0.15, 0.2) is 0 Å². The van der Waals surface area contributed by atoms with Gasteiger partial charge in [-0.2, -0.15) is 0 Å². The summed E-state index contributed by atoms with van der Waals surface area (Å²) in [5.41, 5.74) is 3.87. The van der Waals surface area contributed by atoms with Crippen molar-refractivity contribution < 1.29 is 4.79 Å². The fourth-order valence-corrected chi connectivity index (χ4v) is 6.37. The molecule has 1 spiro atoms. The average molecular weight is 384 g/mol. The van der Waals surface area contributed by atoms with Crippen LogP contribution in [0.1, 0.15) is 17.5 Å². The van der Waals surface area contributed by atoms with Crippen molar-refractivity contribution in [2.45, 2.75) is 21.5 Å². The lowest BCUT2D eigenvalue weighted by molar-refractivity contribution is -0.118. The summed E-state index contributed by atoms with van der Waals surface area (Å²) in [6, 6.07) is 28.8. The smallest absolute Gasteiger partial charge is 0.244 e. The fourth-order valence-electron chi connectivity index (χ4n) is 4.61. The molecule has 0 bridgehead atoms. The van der Waals surface area contributed by atoms with Crippen LogP contribution in [0.3, 0.4) is 0 Å². The van der Waals surface area contributed by atoms with Crippen LogP contribution in [0.2, 0.25) is 0 Å². The summed E-state index contributed by atoms with van der Waals surface area (Å²) in [4.78, 5) is 16.6. The van der Waals surface area contributed by atoms with Crippen molar-refractivity contribution in [3.05, 3.63) is 103 Å². The molecule has 1 aliphatic carbocycles. The van der Waals surface area contributed by atoms with Gasteiger partial charge in [-0.15, -0.1) is 11.8 Å². The van der Waals surface area contributed by atoms with E-state index < -0.39 is 10.2 Å². The third kappa shape index (κ3) is 2.20. The van der Waals surface area contributed by atoms with E-state index in [9.17, 15) is 4.79 Å². The molecule has 0 radical (unpaired) electrons. The maximum absolute atomic E-state index is 13.7. The Morgan fingerprint density at radius 3 is 2.25 bits per heavy atom. The summed E-state index contributed by atoms with van der Waals surface area (Å²) in [6.45, 7) is 4.52. The topological polar surface area (TPSA) is 20.3 Å². The van der Waals surface area contributed by atoms with E-state index in [2.05, 4.69) is 49.0 Å². The van der Waals surface area contributed by atoms with E-state index in [1.54, 1.807) is 11.8 Å². The van der Waals surface area contributed by atoms with Crippen LogP contribution >= 0.6 is 11.8 Å². The minimum Gasteiger partial charge on any atom is -0.313 e. The van der Waals surface area contributed by atoms with Crippen LogP contribution in [0.15, 0.2) is 96.4 Å². The van der Waals surface area contributed by atoms with Gasteiger partial charge in [-0.05, 0) is 35.3 Å². The van der Waals surface area contributed by atoms with Gasteiger partial charge in [-0.1, -0.05) is 79.4 Å². The standard InChI is InChI=1S/C25H21NOS/c1-18(19-11-5-3-6-12-19)24(20-13-7-4-8-14-20)17-25(24)23(27)26(2)21-15-9-10-16-22(21)28-25/h3-16H,1,17H2,2H3/t24-,25+/m1/s1. The summed E-state index contributed by atoms with van der Waals surface area (Å²) >= 11 is 1.71. The first-order valence-corrected chi connectivity index (χ1v) is 10.3. The van der Waals surface area contributed by atoms with Crippen LogP contribution in [0.4, 0.5) is 5.69 Å². The zero-order valence-electron chi connectivity index (χ0n) is 15.8. The van der Waals surface area contributed by atoms with E-state index in [0.29, 0.717) is 0 Å². The second-order valence-corrected chi connectivity index (χ2v) is 8.89. The first-order valence-electron chi connectivity index (χ1n) is 9.47. The molecule has 2 atom stereocenters. The van der Waals surface area contributed by atoms with E-state index in [1.165, 1.54) is 0 Å².